The molecule has 2 heterocycles. The van der Waals surface area contributed by atoms with Crippen molar-refractivity contribution >= 4 is 6.09 Å². The number of nitrogens with one attached hydrogen (secondary N) is 1. The highest BCUT2D eigenvalue weighted by Gasteiger charge is 2.39. The molecule has 6 nitrogen and oxygen atoms in total. The molecule has 1 amide bonds. The molecular weight excluding hydrogens is 411 g/mol. The molecule has 1 aromatic carbocycles. The summed E-state index contributed by atoms with van der Waals surface area (Å²) in [5.74, 6) is 0.106. The minimum absolute atomic E-state index is 0.0533. The van der Waals surface area contributed by atoms with Crippen LogP contribution < -0.4 is 10.1 Å². The molecule has 1 aliphatic heterocycles. The largest absolute Gasteiger partial charge is 0.481 e. The Balaban J connectivity index is 1.82. The maximum absolute atomic E-state index is 13.1. The van der Waals surface area contributed by atoms with E-state index in [0.717, 1.165) is 17.8 Å². The van der Waals surface area contributed by atoms with E-state index in [2.05, 4.69) is 10.3 Å². The van der Waals surface area contributed by atoms with Gasteiger partial charge in [0.05, 0.1) is 31.0 Å². The first-order valence-corrected chi connectivity index (χ1v) is 10.1. The van der Waals surface area contributed by atoms with Crippen LogP contribution in [0.2, 0.25) is 0 Å². The van der Waals surface area contributed by atoms with Crippen molar-refractivity contribution < 1.29 is 27.4 Å². The number of carbonyl (C=O) groups is 1. The molecule has 9 heteroatoms. The van der Waals surface area contributed by atoms with Crippen LogP contribution in [0.1, 0.15) is 49.4 Å². The van der Waals surface area contributed by atoms with Gasteiger partial charge < -0.3 is 9.47 Å². The fraction of sp³-hybridized carbons (Fsp3) is 0.455. The minimum atomic E-state index is -4.51. The molecule has 2 aromatic rings. The Bertz CT molecular complexity index is 891. The zero-order valence-electron chi connectivity index (χ0n) is 17.6. The number of likely N-dealkylation sites (tertiary alicyclic amines) is 1. The molecule has 0 spiro atoms. The van der Waals surface area contributed by atoms with Gasteiger partial charge in [-0.3, -0.25) is 10.2 Å². The van der Waals surface area contributed by atoms with Gasteiger partial charge in [-0.2, -0.15) is 13.2 Å². The van der Waals surface area contributed by atoms with Gasteiger partial charge in [0.2, 0.25) is 5.88 Å². The topological polar surface area (TPSA) is 63.7 Å². The first-order chi connectivity index (χ1) is 14.7. The Labute approximate surface area is 179 Å². The fourth-order valence-electron chi connectivity index (χ4n) is 3.72. The van der Waals surface area contributed by atoms with Crippen LogP contribution in [0, 0.1) is 0 Å². The van der Waals surface area contributed by atoms with Gasteiger partial charge in [-0.05, 0) is 38.3 Å². The summed E-state index contributed by atoms with van der Waals surface area (Å²) in [6.07, 6.45) is -3.60. The first kappa shape index (κ1) is 22.9. The second-order valence-electron chi connectivity index (χ2n) is 7.63. The zero-order chi connectivity index (χ0) is 22.6. The molecule has 0 saturated carbocycles. The summed E-state index contributed by atoms with van der Waals surface area (Å²) in [5, 5.41) is 3.19. The van der Waals surface area contributed by atoms with Crippen molar-refractivity contribution in [3.05, 3.63) is 59.3 Å². The third kappa shape index (κ3) is 5.46. The molecule has 1 saturated heterocycles. The van der Waals surface area contributed by atoms with E-state index in [0.29, 0.717) is 12.8 Å². The van der Waals surface area contributed by atoms with Crippen molar-refractivity contribution in [2.24, 2.45) is 0 Å². The summed E-state index contributed by atoms with van der Waals surface area (Å²) in [7, 11) is 1.35. The Morgan fingerprint density at radius 1 is 1.26 bits per heavy atom. The molecule has 0 aliphatic carbocycles. The van der Waals surface area contributed by atoms with Gasteiger partial charge in [0.15, 0.2) is 0 Å². The van der Waals surface area contributed by atoms with Crippen molar-refractivity contribution in [1.82, 2.24) is 15.2 Å². The number of carbonyl (C=O) groups excluding carboxylic acids is 1. The van der Waals surface area contributed by atoms with Gasteiger partial charge in [0, 0.05) is 18.3 Å². The van der Waals surface area contributed by atoms with Gasteiger partial charge in [0.25, 0.3) is 0 Å². The van der Waals surface area contributed by atoms with Crippen LogP contribution in [0.4, 0.5) is 18.0 Å². The molecule has 2 unspecified atom stereocenters. The molecule has 1 N–H and O–H groups in total. The fourth-order valence-corrected chi connectivity index (χ4v) is 3.72. The summed E-state index contributed by atoms with van der Waals surface area (Å²) in [4.78, 5) is 18.3. The van der Waals surface area contributed by atoms with E-state index in [1.54, 1.807) is 18.7 Å². The van der Waals surface area contributed by atoms with Gasteiger partial charge in [0.1, 0.15) is 0 Å². The Morgan fingerprint density at radius 3 is 2.58 bits per heavy atom. The minimum Gasteiger partial charge on any atom is -0.481 e. The quantitative estimate of drug-likeness (QED) is 0.696. The normalized spacial score (nSPS) is 19.0. The lowest BCUT2D eigenvalue weighted by Crippen LogP contribution is -2.46. The number of hydrogen-bond acceptors (Lipinski definition) is 5. The number of nitrogens with zero attached hydrogens (tertiary/aromatic N) is 2. The SMILES string of the molecule is COc1ncc(C(F)(F)F)cc1CNC1CCC(c2ccccc2)N1C(=O)OC(C)C. The van der Waals surface area contributed by atoms with E-state index >= 15 is 0 Å². The van der Waals surface area contributed by atoms with Crippen molar-refractivity contribution in [3.63, 3.8) is 0 Å². The van der Waals surface area contributed by atoms with Crippen LogP contribution >= 0.6 is 0 Å². The summed E-state index contributed by atoms with van der Waals surface area (Å²) >= 11 is 0. The first-order valence-electron chi connectivity index (χ1n) is 10.1. The number of alkyl halides is 3. The van der Waals surface area contributed by atoms with Crippen molar-refractivity contribution in [3.8, 4) is 5.88 Å². The predicted octanol–water partition coefficient (Wildman–Crippen LogP) is 4.91. The molecule has 0 bridgehead atoms. The van der Waals surface area contributed by atoms with E-state index in [1.807, 2.05) is 30.3 Å². The lowest BCUT2D eigenvalue weighted by atomic mass is 10.1. The second kappa shape index (κ2) is 9.55. The summed E-state index contributed by atoms with van der Waals surface area (Å²) in [5.41, 5.74) is 0.387. The number of ether oxygens (including phenoxy) is 2. The highest BCUT2D eigenvalue weighted by Crippen LogP contribution is 2.36. The Morgan fingerprint density at radius 2 is 1.97 bits per heavy atom. The van der Waals surface area contributed by atoms with Gasteiger partial charge in [-0.25, -0.2) is 9.78 Å². The summed E-state index contributed by atoms with van der Waals surface area (Å²) < 4.78 is 49.9. The maximum Gasteiger partial charge on any atom is 0.417 e. The molecule has 1 fully saturated rings. The number of methoxy groups -OCH3 is 1. The van der Waals surface area contributed by atoms with E-state index < -0.39 is 24.0 Å². The lowest BCUT2D eigenvalue weighted by Gasteiger charge is -2.31. The predicted molar refractivity (Wildman–Crippen MR) is 108 cm³/mol. The van der Waals surface area contributed by atoms with E-state index in [1.165, 1.54) is 7.11 Å². The number of rotatable bonds is 6. The Hall–Kier alpha value is -2.81. The molecule has 3 rings (SSSR count). The average Bonchev–Trinajstić information content (AvgIpc) is 3.15. The molecule has 168 valence electrons. The van der Waals surface area contributed by atoms with E-state index in [-0.39, 0.29) is 30.1 Å². The number of aromatic nitrogens is 1. The average molecular weight is 437 g/mol. The number of amides is 1. The van der Waals surface area contributed by atoms with Crippen LogP contribution in [0.15, 0.2) is 42.6 Å². The maximum atomic E-state index is 13.1. The molecule has 1 aromatic heterocycles. The molecule has 2 atom stereocenters. The second-order valence-corrected chi connectivity index (χ2v) is 7.63. The lowest BCUT2D eigenvalue weighted by molar-refractivity contribution is -0.137. The third-order valence-corrected chi connectivity index (χ3v) is 5.09. The number of pyridine rings is 1. The van der Waals surface area contributed by atoms with Gasteiger partial charge >= 0.3 is 12.3 Å². The number of halogens is 3. The van der Waals surface area contributed by atoms with Crippen LogP contribution in [0.5, 0.6) is 5.88 Å². The highest BCUT2D eigenvalue weighted by atomic mass is 19.4. The van der Waals surface area contributed by atoms with E-state index in [9.17, 15) is 18.0 Å². The molecule has 1 aliphatic rings. The van der Waals surface area contributed by atoms with Crippen molar-refractivity contribution in [2.75, 3.05) is 7.11 Å². The van der Waals surface area contributed by atoms with Crippen LogP contribution in [0.3, 0.4) is 0 Å². The molecular formula is C22H26F3N3O3. The highest BCUT2D eigenvalue weighted by molar-refractivity contribution is 5.69. The van der Waals surface area contributed by atoms with E-state index in [4.69, 9.17) is 9.47 Å². The van der Waals surface area contributed by atoms with Gasteiger partial charge in [-0.1, -0.05) is 30.3 Å². The van der Waals surface area contributed by atoms with Crippen LogP contribution in [-0.4, -0.2) is 35.4 Å². The summed E-state index contributed by atoms with van der Waals surface area (Å²) in [6.45, 7) is 3.60. The number of hydrogen-bond donors (Lipinski definition) is 1. The third-order valence-electron chi connectivity index (χ3n) is 5.09. The molecule has 0 radical (unpaired) electrons. The van der Waals surface area contributed by atoms with Gasteiger partial charge in [-0.15, -0.1) is 0 Å². The Kier molecular flexibility index (Phi) is 7.04. The van der Waals surface area contributed by atoms with Crippen molar-refractivity contribution in [1.29, 1.82) is 0 Å². The van der Waals surface area contributed by atoms with Crippen LogP contribution in [0.25, 0.3) is 0 Å². The summed E-state index contributed by atoms with van der Waals surface area (Å²) in [6, 6.07) is 10.4. The standard InChI is InChI=1S/C22H26F3N3O3/c1-14(2)31-21(29)28-18(15-7-5-4-6-8-15)9-10-19(28)26-12-16-11-17(22(23,24)25)13-27-20(16)30-3/h4-8,11,13-14,18-19,26H,9-10,12H2,1-3H3. The number of benzene rings is 1. The van der Waals surface area contributed by atoms with Crippen molar-refractivity contribution in [2.45, 2.75) is 57.7 Å². The van der Waals surface area contributed by atoms with Crippen LogP contribution in [-0.2, 0) is 17.5 Å². The smallest absolute Gasteiger partial charge is 0.417 e. The zero-order valence-corrected chi connectivity index (χ0v) is 17.6. The molecule has 31 heavy (non-hydrogen) atoms. The monoisotopic (exact) mass is 437 g/mol.